The van der Waals surface area contributed by atoms with Gasteiger partial charge in [0.2, 0.25) is 0 Å². The Labute approximate surface area is 130 Å². The molecule has 1 aromatic rings. The smallest absolute Gasteiger partial charge is 0.326 e. The normalized spacial score (nSPS) is 12.7. The number of benzene rings is 1. The zero-order valence-electron chi connectivity index (χ0n) is 11.3. The number of urea groups is 1. The summed E-state index contributed by atoms with van der Waals surface area (Å²) in [6, 6.07) is 3.31. The second-order valence-corrected chi connectivity index (χ2v) is 6.63. The molecule has 0 spiro atoms. The number of rotatable bonds is 3. The van der Waals surface area contributed by atoms with Gasteiger partial charge in [-0.3, -0.25) is 0 Å². The molecule has 0 aliphatic carbocycles. The van der Waals surface area contributed by atoms with Crippen molar-refractivity contribution >= 4 is 45.2 Å². The summed E-state index contributed by atoms with van der Waals surface area (Å²) in [5, 5.41) is 14.7. The van der Waals surface area contributed by atoms with Gasteiger partial charge in [0.05, 0.1) is 5.02 Å². The third-order valence-electron chi connectivity index (χ3n) is 2.57. The maximum atomic E-state index is 11.8. The van der Waals surface area contributed by atoms with Gasteiger partial charge >= 0.3 is 12.0 Å². The maximum absolute atomic E-state index is 11.8. The molecule has 5 nitrogen and oxygen atoms in total. The lowest BCUT2D eigenvalue weighted by molar-refractivity contribution is -0.141. The van der Waals surface area contributed by atoms with Gasteiger partial charge in [0, 0.05) is 10.2 Å². The van der Waals surface area contributed by atoms with Crippen molar-refractivity contribution in [3.8, 4) is 0 Å². The van der Waals surface area contributed by atoms with Gasteiger partial charge in [0.1, 0.15) is 6.04 Å². The number of amides is 2. The summed E-state index contributed by atoms with van der Waals surface area (Å²) in [5.74, 6) is -1.08. The SMILES string of the molecule is CC(C)(C)[C@@H](NC(=O)Nc1ccc(Cl)c(Br)c1)C(=O)O. The van der Waals surface area contributed by atoms with E-state index in [0.717, 1.165) is 0 Å². The summed E-state index contributed by atoms with van der Waals surface area (Å²) in [4.78, 5) is 23.0. The van der Waals surface area contributed by atoms with Gasteiger partial charge in [0.25, 0.3) is 0 Å². The molecular weight excluding hydrogens is 348 g/mol. The van der Waals surface area contributed by atoms with Gasteiger partial charge in [-0.2, -0.15) is 0 Å². The molecule has 0 bridgehead atoms. The van der Waals surface area contributed by atoms with E-state index in [2.05, 4.69) is 26.6 Å². The van der Waals surface area contributed by atoms with Crippen LogP contribution in [-0.4, -0.2) is 23.1 Å². The van der Waals surface area contributed by atoms with Gasteiger partial charge in [0.15, 0.2) is 0 Å². The minimum absolute atomic E-state index is 0.511. The Kier molecular flexibility index (Phi) is 5.42. The van der Waals surface area contributed by atoms with Gasteiger partial charge in [-0.25, -0.2) is 9.59 Å². The summed E-state index contributed by atoms with van der Waals surface area (Å²) in [6.07, 6.45) is 0. The summed E-state index contributed by atoms with van der Waals surface area (Å²) < 4.78 is 0.641. The molecule has 0 saturated heterocycles. The Morgan fingerprint density at radius 2 is 1.95 bits per heavy atom. The molecule has 0 heterocycles. The zero-order chi connectivity index (χ0) is 15.5. The third kappa shape index (κ3) is 4.68. The number of hydrogen-bond acceptors (Lipinski definition) is 2. The van der Waals surface area contributed by atoms with Crippen molar-refractivity contribution in [3.05, 3.63) is 27.7 Å². The fourth-order valence-corrected chi connectivity index (χ4v) is 2.02. The molecule has 2 amide bonds. The highest BCUT2D eigenvalue weighted by atomic mass is 79.9. The number of halogens is 2. The number of aliphatic carboxylic acids is 1. The second kappa shape index (κ2) is 6.45. The Morgan fingerprint density at radius 1 is 1.35 bits per heavy atom. The molecule has 0 saturated carbocycles. The lowest BCUT2D eigenvalue weighted by atomic mass is 9.87. The molecule has 20 heavy (non-hydrogen) atoms. The van der Waals surface area contributed by atoms with Crippen LogP contribution in [0.25, 0.3) is 0 Å². The van der Waals surface area contributed by atoms with E-state index in [1.807, 2.05) is 0 Å². The van der Waals surface area contributed by atoms with Gasteiger partial charge in [-0.15, -0.1) is 0 Å². The van der Waals surface area contributed by atoms with Crippen LogP contribution < -0.4 is 10.6 Å². The molecule has 110 valence electrons. The monoisotopic (exact) mass is 362 g/mol. The van der Waals surface area contributed by atoms with Crippen LogP contribution in [0.4, 0.5) is 10.5 Å². The molecule has 0 fully saturated rings. The fourth-order valence-electron chi connectivity index (χ4n) is 1.52. The third-order valence-corrected chi connectivity index (χ3v) is 3.78. The van der Waals surface area contributed by atoms with E-state index >= 15 is 0 Å². The number of carbonyl (C=O) groups excluding carboxylic acids is 1. The number of anilines is 1. The first-order chi connectivity index (χ1) is 9.11. The second-order valence-electron chi connectivity index (χ2n) is 5.36. The molecule has 1 atom stereocenters. The summed E-state index contributed by atoms with van der Waals surface area (Å²) >= 11 is 9.09. The van der Waals surface area contributed by atoms with Crippen molar-refractivity contribution in [2.75, 3.05) is 5.32 Å². The minimum Gasteiger partial charge on any atom is -0.480 e. The Morgan fingerprint density at radius 3 is 2.40 bits per heavy atom. The first kappa shape index (κ1) is 16.8. The number of nitrogens with one attached hydrogen (secondary N) is 2. The first-order valence-electron chi connectivity index (χ1n) is 5.86. The molecule has 0 aromatic heterocycles. The van der Waals surface area contributed by atoms with E-state index in [0.29, 0.717) is 15.2 Å². The van der Waals surface area contributed by atoms with Crippen molar-refractivity contribution in [1.29, 1.82) is 0 Å². The predicted molar refractivity (Wildman–Crippen MR) is 82.2 cm³/mol. The number of carboxylic acids is 1. The van der Waals surface area contributed by atoms with Crippen LogP contribution in [0.15, 0.2) is 22.7 Å². The number of carbonyl (C=O) groups is 2. The van der Waals surface area contributed by atoms with Crippen LogP contribution in [0.5, 0.6) is 0 Å². The molecule has 0 radical (unpaired) electrons. The summed E-state index contributed by atoms with van der Waals surface area (Å²) in [6.45, 7) is 5.22. The standard InChI is InChI=1S/C13H16BrClN2O3/c1-13(2,3)10(11(18)19)17-12(20)16-7-4-5-9(15)8(14)6-7/h4-6,10H,1-3H3,(H,18,19)(H2,16,17,20)/t10-/m0/s1. The number of carboxylic acid groups (broad SMARTS) is 1. The van der Waals surface area contributed by atoms with Crippen LogP contribution in [0, 0.1) is 5.41 Å². The molecule has 1 rings (SSSR count). The highest BCUT2D eigenvalue weighted by molar-refractivity contribution is 9.10. The molecule has 7 heteroatoms. The van der Waals surface area contributed by atoms with Crippen LogP contribution in [0.2, 0.25) is 5.02 Å². The predicted octanol–water partition coefficient (Wildman–Crippen LogP) is 3.72. The van der Waals surface area contributed by atoms with Crippen molar-refractivity contribution in [3.63, 3.8) is 0 Å². The fraction of sp³-hybridized carbons (Fsp3) is 0.385. The van der Waals surface area contributed by atoms with Crippen molar-refractivity contribution < 1.29 is 14.7 Å². The molecule has 1 aromatic carbocycles. The van der Waals surface area contributed by atoms with Crippen LogP contribution in [-0.2, 0) is 4.79 Å². The number of hydrogen-bond donors (Lipinski definition) is 3. The zero-order valence-corrected chi connectivity index (χ0v) is 13.7. The molecule has 3 N–H and O–H groups in total. The van der Waals surface area contributed by atoms with E-state index in [1.54, 1.807) is 39.0 Å². The van der Waals surface area contributed by atoms with Crippen LogP contribution in [0.1, 0.15) is 20.8 Å². The lowest BCUT2D eigenvalue weighted by Gasteiger charge is -2.27. The highest BCUT2D eigenvalue weighted by Gasteiger charge is 2.32. The average Bonchev–Trinajstić information content (AvgIpc) is 2.29. The van der Waals surface area contributed by atoms with Crippen LogP contribution >= 0.6 is 27.5 Å². The van der Waals surface area contributed by atoms with Crippen LogP contribution in [0.3, 0.4) is 0 Å². The average molecular weight is 364 g/mol. The quantitative estimate of drug-likeness (QED) is 0.766. The topological polar surface area (TPSA) is 78.4 Å². The Bertz CT molecular complexity index is 529. The van der Waals surface area contributed by atoms with E-state index in [-0.39, 0.29) is 0 Å². The van der Waals surface area contributed by atoms with Gasteiger partial charge < -0.3 is 15.7 Å². The largest absolute Gasteiger partial charge is 0.480 e. The maximum Gasteiger partial charge on any atom is 0.326 e. The highest BCUT2D eigenvalue weighted by Crippen LogP contribution is 2.25. The summed E-state index contributed by atoms with van der Waals surface area (Å²) in [7, 11) is 0. The molecular formula is C13H16BrClN2O3. The molecule has 0 aliphatic heterocycles. The van der Waals surface area contributed by atoms with Gasteiger partial charge in [-0.05, 0) is 39.5 Å². The van der Waals surface area contributed by atoms with Crippen molar-refractivity contribution in [2.24, 2.45) is 5.41 Å². The van der Waals surface area contributed by atoms with E-state index in [4.69, 9.17) is 16.7 Å². The summed E-state index contributed by atoms with van der Waals surface area (Å²) in [5.41, 5.74) is -0.0826. The Balaban J connectivity index is 2.76. The van der Waals surface area contributed by atoms with Crippen molar-refractivity contribution in [1.82, 2.24) is 5.32 Å². The van der Waals surface area contributed by atoms with E-state index in [1.165, 1.54) is 0 Å². The van der Waals surface area contributed by atoms with Gasteiger partial charge in [-0.1, -0.05) is 32.4 Å². The molecule has 0 aliphatic rings. The van der Waals surface area contributed by atoms with Crippen molar-refractivity contribution in [2.45, 2.75) is 26.8 Å². The lowest BCUT2D eigenvalue weighted by Crippen LogP contribution is -2.50. The first-order valence-corrected chi connectivity index (χ1v) is 7.03. The Hall–Kier alpha value is -1.27. The molecule has 0 unspecified atom stereocenters. The minimum atomic E-state index is -1.08. The van der Waals surface area contributed by atoms with E-state index in [9.17, 15) is 9.59 Å². The van der Waals surface area contributed by atoms with E-state index < -0.39 is 23.5 Å².